The fraction of sp³-hybridized carbons (Fsp3) is 0.160. The van der Waals surface area contributed by atoms with Crippen molar-refractivity contribution in [3.05, 3.63) is 94.3 Å². The molecule has 176 valence electrons. The molecule has 3 heterocycles. The molecule has 1 fully saturated rings. The van der Waals surface area contributed by atoms with Crippen molar-refractivity contribution in [2.45, 2.75) is 0 Å². The van der Waals surface area contributed by atoms with E-state index in [1.165, 1.54) is 17.0 Å². The van der Waals surface area contributed by atoms with Crippen LogP contribution in [0.15, 0.2) is 71.7 Å². The number of ether oxygens (including phenoxy) is 1. The van der Waals surface area contributed by atoms with Gasteiger partial charge in [0.25, 0.3) is 17.4 Å². The fourth-order valence-corrected chi connectivity index (χ4v) is 3.95. The molecule has 0 atom stereocenters. The number of fused-ring (bicyclic) bond motifs is 1. The molecule has 1 aliphatic rings. The number of halogens is 1. The van der Waals surface area contributed by atoms with Crippen molar-refractivity contribution in [1.29, 1.82) is 0 Å². The van der Waals surface area contributed by atoms with Crippen LogP contribution in [-0.4, -0.2) is 63.0 Å². The lowest BCUT2D eigenvalue weighted by molar-refractivity contribution is 0.0529. The SMILES string of the molecule is O=C(c1ccccn1)N1CCN(C(=O)c2cc(Oc3n[nH]c(=O)c4ccccc34)ccc2F)CC1. The number of carbonyl (C=O) groups is 2. The summed E-state index contributed by atoms with van der Waals surface area (Å²) in [4.78, 5) is 44.9. The van der Waals surface area contributed by atoms with Gasteiger partial charge in [-0.1, -0.05) is 18.2 Å². The highest BCUT2D eigenvalue weighted by molar-refractivity contribution is 5.96. The first-order valence-corrected chi connectivity index (χ1v) is 11.0. The summed E-state index contributed by atoms with van der Waals surface area (Å²) in [5.74, 6) is -1.07. The molecule has 1 saturated heterocycles. The maximum absolute atomic E-state index is 14.6. The standard InChI is InChI=1S/C25H20FN5O4/c26-20-9-8-16(35-23-18-6-2-1-5-17(18)22(32)28-29-23)15-19(20)24(33)30-11-13-31(14-12-30)25(34)21-7-3-4-10-27-21/h1-10,15H,11-14H2,(H,28,32). The number of benzene rings is 2. The van der Waals surface area contributed by atoms with Crippen molar-refractivity contribution in [2.75, 3.05) is 26.2 Å². The number of hydrogen-bond acceptors (Lipinski definition) is 6. The molecule has 10 heteroatoms. The summed E-state index contributed by atoms with van der Waals surface area (Å²) >= 11 is 0. The first kappa shape index (κ1) is 22.2. The average molecular weight is 473 g/mol. The van der Waals surface area contributed by atoms with Gasteiger partial charge < -0.3 is 14.5 Å². The first-order valence-electron chi connectivity index (χ1n) is 11.0. The molecular weight excluding hydrogens is 453 g/mol. The molecule has 0 radical (unpaired) electrons. The number of piperazine rings is 1. The Morgan fingerprint density at radius 3 is 2.29 bits per heavy atom. The van der Waals surface area contributed by atoms with E-state index in [4.69, 9.17) is 4.74 Å². The minimum atomic E-state index is -0.686. The molecule has 35 heavy (non-hydrogen) atoms. The van der Waals surface area contributed by atoms with Crippen LogP contribution in [0.1, 0.15) is 20.8 Å². The summed E-state index contributed by atoms with van der Waals surface area (Å²) in [6, 6.07) is 15.8. The van der Waals surface area contributed by atoms with Crippen LogP contribution < -0.4 is 10.3 Å². The molecule has 0 unspecified atom stereocenters. The van der Waals surface area contributed by atoms with Crippen LogP contribution in [0.2, 0.25) is 0 Å². The second kappa shape index (κ2) is 9.34. The number of nitrogens with zero attached hydrogens (tertiary/aromatic N) is 4. The molecule has 2 amide bonds. The van der Waals surface area contributed by atoms with E-state index in [1.54, 1.807) is 53.6 Å². The summed E-state index contributed by atoms with van der Waals surface area (Å²) in [5, 5.41) is 7.20. The molecule has 0 saturated carbocycles. The second-order valence-electron chi connectivity index (χ2n) is 7.95. The van der Waals surface area contributed by atoms with Gasteiger partial charge in [-0.25, -0.2) is 9.49 Å². The van der Waals surface area contributed by atoms with Gasteiger partial charge >= 0.3 is 0 Å². The van der Waals surface area contributed by atoms with Gasteiger partial charge in [-0.15, -0.1) is 5.10 Å². The molecule has 2 aromatic carbocycles. The summed E-state index contributed by atoms with van der Waals surface area (Å²) in [5.41, 5.74) is -0.170. The van der Waals surface area contributed by atoms with E-state index in [0.29, 0.717) is 29.6 Å². The van der Waals surface area contributed by atoms with Crippen molar-refractivity contribution >= 4 is 22.6 Å². The van der Waals surface area contributed by atoms with Crippen molar-refractivity contribution in [3.8, 4) is 11.6 Å². The Labute approximate surface area is 198 Å². The largest absolute Gasteiger partial charge is 0.437 e. The Hall–Kier alpha value is -4.60. The third kappa shape index (κ3) is 4.45. The van der Waals surface area contributed by atoms with Gasteiger partial charge in [0, 0.05) is 32.4 Å². The minimum absolute atomic E-state index is 0.131. The molecule has 0 aliphatic carbocycles. The topological polar surface area (TPSA) is 108 Å². The van der Waals surface area contributed by atoms with E-state index in [0.717, 1.165) is 6.07 Å². The van der Waals surface area contributed by atoms with Crippen molar-refractivity contribution in [1.82, 2.24) is 25.0 Å². The van der Waals surface area contributed by atoms with Crippen LogP contribution in [0, 0.1) is 5.82 Å². The normalized spacial score (nSPS) is 13.6. The number of aromatic nitrogens is 3. The number of amides is 2. The number of aromatic amines is 1. The van der Waals surface area contributed by atoms with E-state index in [1.807, 2.05) is 0 Å². The third-order valence-corrected chi connectivity index (χ3v) is 5.78. The highest BCUT2D eigenvalue weighted by atomic mass is 19.1. The Balaban J connectivity index is 1.32. The summed E-state index contributed by atoms with van der Waals surface area (Å²) in [6.07, 6.45) is 1.55. The maximum atomic E-state index is 14.6. The zero-order valence-electron chi connectivity index (χ0n) is 18.5. The van der Waals surface area contributed by atoms with E-state index in [-0.39, 0.29) is 41.7 Å². The molecule has 1 aliphatic heterocycles. The Morgan fingerprint density at radius 2 is 1.57 bits per heavy atom. The van der Waals surface area contributed by atoms with Crippen molar-refractivity contribution in [3.63, 3.8) is 0 Å². The molecule has 9 nitrogen and oxygen atoms in total. The number of rotatable bonds is 4. The van der Waals surface area contributed by atoms with Crippen LogP contribution >= 0.6 is 0 Å². The smallest absolute Gasteiger partial charge is 0.272 e. The number of hydrogen-bond donors (Lipinski definition) is 1. The van der Waals surface area contributed by atoms with Crippen LogP contribution in [0.5, 0.6) is 11.6 Å². The lowest BCUT2D eigenvalue weighted by Gasteiger charge is -2.34. The second-order valence-corrected chi connectivity index (χ2v) is 7.95. The lowest BCUT2D eigenvalue weighted by atomic mass is 10.1. The molecule has 1 N–H and O–H groups in total. The van der Waals surface area contributed by atoms with Crippen LogP contribution in [0.3, 0.4) is 0 Å². The van der Waals surface area contributed by atoms with Crippen LogP contribution in [0.4, 0.5) is 4.39 Å². The monoisotopic (exact) mass is 473 g/mol. The Bertz CT molecular complexity index is 1470. The number of H-pyrrole nitrogens is 1. The summed E-state index contributed by atoms with van der Waals surface area (Å²) in [6.45, 7) is 1.14. The highest BCUT2D eigenvalue weighted by Crippen LogP contribution is 2.27. The maximum Gasteiger partial charge on any atom is 0.272 e. The van der Waals surface area contributed by atoms with E-state index in [9.17, 15) is 18.8 Å². The van der Waals surface area contributed by atoms with Crippen LogP contribution in [0.25, 0.3) is 10.8 Å². The predicted molar refractivity (Wildman–Crippen MR) is 125 cm³/mol. The Morgan fingerprint density at radius 1 is 0.886 bits per heavy atom. The van der Waals surface area contributed by atoms with E-state index >= 15 is 0 Å². The molecule has 0 bridgehead atoms. The number of carbonyl (C=O) groups excluding carboxylic acids is 2. The van der Waals surface area contributed by atoms with Gasteiger partial charge in [0.15, 0.2) is 0 Å². The van der Waals surface area contributed by atoms with E-state index in [2.05, 4.69) is 15.2 Å². The zero-order chi connectivity index (χ0) is 24.4. The van der Waals surface area contributed by atoms with Crippen molar-refractivity contribution < 1.29 is 18.7 Å². The van der Waals surface area contributed by atoms with Gasteiger partial charge in [-0.2, -0.15) is 0 Å². The lowest BCUT2D eigenvalue weighted by Crippen LogP contribution is -2.50. The van der Waals surface area contributed by atoms with Crippen molar-refractivity contribution in [2.24, 2.45) is 0 Å². The summed E-state index contributed by atoms with van der Waals surface area (Å²) in [7, 11) is 0. The van der Waals surface area contributed by atoms with Crippen LogP contribution in [-0.2, 0) is 0 Å². The van der Waals surface area contributed by atoms with E-state index < -0.39 is 11.7 Å². The Kier molecular flexibility index (Phi) is 5.92. The predicted octanol–water partition coefficient (Wildman–Crippen LogP) is 2.85. The zero-order valence-corrected chi connectivity index (χ0v) is 18.5. The van der Waals surface area contributed by atoms with Gasteiger partial charge in [0.1, 0.15) is 17.3 Å². The molecular formula is C25H20FN5O4. The van der Waals surface area contributed by atoms with Gasteiger partial charge in [-0.3, -0.25) is 19.4 Å². The molecule has 5 rings (SSSR count). The molecule has 2 aromatic heterocycles. The van der Waals surface area contributed by atoms with Gasteiger partial charge in [0.2, 0.25) is 5.88 Å². The number of nitrogens with one attached hydrogen (secondary N) is 1. The van der Waals surface area contributed by atoms with Gasteiger partial charge in [0.05, 0.1) is 16.3 Å². The number of pyridine rings is 1. The highest BCUT2D eigenvalue weighted by Gasteiger charge is 2.27. The first-order chi connectivity index (χ1) is 17.0. The summed E-state index contributed by atoms with van der Waals surface area (Å²) < 4.78 is 20.4. The minimum Gasteiger partial charge on any atom is -0.437 e. The third-order valence-electron chi connectivity index (χ3n) is 5.78. The van der Waals surface area contributed by atoms with Gasteiger partial charge in [-0.05, 0) is 42.5 Å². The molecule has 4 aromatic rings. The average Bonchev–Trinajstić information content (AvgIpc) is 2.91. The quantitative estimate of drug-likeness (QED) is 0.488. The fourth-order valence-electron chi connectivity index (χ4n) is 3.95. The molecule has 0 spiro atoms.